The lowest BCUT2D eigenvalue weighted by Gasteiger charge is -2.52. The van der Waals surface area contributed by atoms with Crippen molar-refractivity contribution in [3.05, 3.63) is 233 Å². The summed E-state index contributed by atoms with van der Waals surface area (Å²) in [4.78, 5) is 5.43. The molecule has 0 saturated heterocycles. The van der Waals surface area contributed by atoms with Crippen LogP contribution in [0, 0.1) is 6.92 Å². The number of anilines is 5. The van der Waals surface area contributed by atoms with E-state index in [-0.39, 0.29) is 17.7 Å². The third-order valence-electron chi connectivity index (χ3n) is 16.1. The maximum Gasteiger partial charge on any atom is 0.333 e. The molecule has 2 aliphatic carbocycles. The lowest BCUT2D eigenvalue weighted by Crippen LogP contribution is -2.62. The molecule has 0 aromatic heterocycles. The van der Waals surface area contributed by atoms with Gasteiger partial charge in [-0.05, 0) is 131 Å². The molecule has 0 N–H and O–H groups in total. The standard InChI is InChI=1S/C63H49BN2/c1-38-18-7-8-19-42(38)39-36-47-45-34-35-52-57(46-22-11-12-23-48(46)62(52,5)6)59(45)66(41-32-30-40(31-33-41)61(2,3)4)64-54-28-17-27-53-60(54)65(56(37-39)58(47)64)55-29-16-15-26-51(55)63(53)49-24-13-9-20-43(49)44-21-10-14-25-50(44)63/h7-37H,1-6H3. The molecule has 0 amide bonds. The molecule has 3 heterocycles. The molecule has 1 spiro atoms. The Labute approximate surface area is 389 Å². The lowest BCUT2D eigenvalue weighted by molar-refractivity contribution is 0.590. The van der Waals surface area contributed by atoms with Crippen molar-refractivity contribution in [2.24, 2.45) is 0 Å². The van der Waals surface area contributed by atoms with E-state index < -0.39 is 5.41 Å². The first-order valence-corrected chi connectivity index (χ1v) is 23.7. The van der Waals surface area contributed by atoms with Crippen LogP contribution in [0.25, 0.3) is 44.5 Å². The van der Waals surface area contributed by atoms with E-state index in [0.717, 1.165) is 0 Å². The molecule has 2 nitrogen and oxygen atoms in total. The molecule has 5 aliphatic rings. The van der Waals surface area contributed by atoms with Gasteiger partial charge in [0.1, 0.15) is 0 Å². The zero-order chi connectivity index (χ0) is 44.4. The number of nitrogens with zero attached hydrogens (tertiary/aromatic N) is 2. The lowest BCUT2D eigenvalue weighted by atomic mass is 9.42. The summed E-state index contributed by atoms with van der Waals surface area (Å²) in [6.45, 7) is 13.9. The summed E-state index contributed by atoms with van der Waals surface area (Å²) in [7, 11) is 0. The monoisotopic (exact) mass is 844 g/mol. The molecule has 0 bridgehead atoms. The largest absolute Gasteiger partial charge is 0.376 e. The minimum absolute atomic E-state index is 0.0215. The summed E-state index contributed by atoms with van der Waals surface area (Å²) < 4.78 is 0. The smallest absolute Gasteiger partial charge is 0.333 e. The molecular weight excluding hydrogens is 796 g/mol. The first-order chi connectivity index (χ1) is 32.1. The van der Waals surface area contributed by atoms with Crippen molar-refractivity contribution in [1.82, 2.24) is 0 Å². The molecule has 9 aromatic carbocycles. The maximum atomic E-state index is 2.76. The van der Waals surface area contributed by atoms with Gasteiger partial charge in [-0.2, -0.15) is 0 Å². The van der Waals surface area contributed by atoms with Crippen molar-refractivity contribution in [3.63, 3.8) is 0 Å². The first kappa shape index (κ1) is 38.0. The molecule has 0 radical (unpaired) electrons. The Bertz CT molecular complexity index is 3540. The molecule has 0 atom stereocenters. The van der Waals surface area contributed by atoms with E-state index in [9.17, 15) is 0 Å². The minimum Gasteiger partial charge on any atom is -0.376 e. The van der Waals surface area contributed by atoms with Crippen LogP contribution in [-0.2, 0) is 16.2 Å². The third-order valence-corrected chi connectivity index (χ3v) is 16.1. The van der Waals surface area contributed by atoms with Crippen LogP contribution in [-0.4, -0.2) is 6.85 Å². The molecule has 66 heavy (non-hydrogen) atoms. The molecule has 14 rings (SSSR count). The number of hydrogen-bond acceptors (Lipinski definition) is 2. The zero-order valence-electron chi connectivity index (χ0n) is 38.4. The van der Waals surface area contributed by atoms with Crippen LogP contribution < -0.4 is 20.6 Å². The van der Waals surface area contributed by atoms with Crippen molar-refractivity contribution in [2.75, 3.05) is 9.71 Å². The van der Waals surface area contributed by atoms with Gasteiger partial charge < -0.3 is 9.71 Å². The number of benzene rings is 9. The van der Waals surface area contributed by atoms with E-state index in [1.54, 1.807) is 0 Å². The molecule has 9 aromatic rings. The van der Waals surface area contributed by atoms with Gasteiger partial charge in [-0.25, -0.2) is 0 Å². The number of para-hydroxylation sites is 2. The number of aryl methyl sites for hydroxylation is 1. The summed E-state index contributed by atoms with van der Waals surface area (Å²) in [6.07, 6.45) is 0. The van der Waals surface area contributed by atoms with Crippen LogP contribution in [0.2, 0.25) is 0 Å². The Morgan fingerprint density at radius 2 is 1.06 bits per heavy atom. The quantitative estimate of drug-likeness (QED) is 0.160. The summed E-state index contributed by atoms with van der Waals surface area (Å²) in [5.41, 5.74) is 29.5. The van der Waals surface area contributed by atoms with Gasteiger partial charge in [0.25, 0.3) is 0 Å². The zero-order valence-corrected chi connectivity index (χ0v) is 38.4. The minimum atomic E-state index is -0.518. The summed E-state index contributed by atoms with van der Waals surface area (Å²) in [5.74, 6) is 0. The second kappa shape index (κ2) is 12.9. The molecule has 0 fully saturated rings. The van der Waals surface area contributed by atoms with Gasteiger partial charge in [-0.15, -0.1) is 0 Å². The highest BCUT2D eigenvalue weighted by Crippen LogP contribution is 2.65. The predicted molar refractivity (Wildman–Crippen MR) is 277 cm³/mol. The molecule has 3 aliphatic heterocycles. The van der Waals surface area contributed by atoms with Gasteiger partial charge in [-0.3, -0.25) is 0 Å². The van der Waals surface area contributed by atoms with Crippen molar-refractivity contribution in [1.29, 1.82) is 0 Å². The average molecular weight is 845 g/mol. The SMILES string of the molecule is Cc1ccccc1-c1cc2c3c(c1)N1c4ccccc4C4(c5ccccc5-c5ccccc54)c4cccc(c41)B3N(c1ccc(C(C)(C)C)cc1)c1c-2ccc2c1-c1ccccc1C2(C)C. The van der Waals surface area contributed by atoms with E-state index in [1.807, 2.05) is 0 Å². The predicted octanol–water partition coefficient (Wildman–Crippen LogP) is 14.6. The van der Waals surface area contributed by atoms with Crippen molar-refractivity contribution in [2.45, 2.75) is 57.8 Å². The van der Waals surface area contributed by atoms with Crippen LogP contribution >= 0.6 is 0 Å². The second-order valence-corrected chi connectivity index (χ2v) is 20.8. The van der Waals surface area contributed by atoms with E-state index in [4.69, 9.17) is 0 Å². The molecule has 314 valence electrons. The Balaban J connectivity index is 1.17. The normalized spacial score (nSPS) is 15.6. The number of rotatable bonds is 2. The summed E-state index contributed by atoms with van der Waals surface area (Å²) >= 11 is 0. The van der Waals surface area contributed by atoms with Gasteiger partial charge in [0.2, 0.25) is 0 Å². The van der Waals surface area contributed by atoms with Crippen LogP contribution in [0.4, 0.5) is 28.4 Å². The fourth-order valence-electron chi connectivity index (χ4n) is 13.2. The topological polar surface area (TPSA) is 6.48 Å². The Hall–Kier alpha value is -7.36. The van der Waals surface area contributed by atoms with Gasteiger partial charge in [0.05, 0.1) is 11.1 Å². The highest BCUT2D eigenvalue weighted by molar-refractivity contribution is 6.94. The van der Waals surface area contributed by atoms with Gasteiger partial charge in [0.15, 0.2) is 0 Å². The fourth-order valence-corrected chi connectivity index (χ4v) is 13.2. The first-order valence-electron chi connectivity index (χ1n) is 23.7. The Morgan fingerprint density at radius 1 is 0.455 bits per heavy atom. The fraction of sp³-hybridized carbons (Fsp3) is 0.143. The van der Waals surface area contributed by atoms with E-state index >= 15 is 0 Å². The van der Waals surface area contributed by atoms with Crippen molar-refractivity contribution in [3.8, 4) is 44.5 Å². The second-order valence-electron chi connectivity index (χ2n) is 20.8. The van der Waals surface area contributed by atoms with Gasteiger partial charge in [0, 0.05) is 39.3 Å². The van der Waals surface area contributed by atoms with Crippen LogP contribution in [0.3, 0.4) is 0 Å². The van der Waals surface area contributed by atoms with Crippen LogP contribution in [0.15, 0.2) is 188 Å². The van der Waals surface area contributed by atoms with Crippen LogP contribution in [0.1, 0.15) is 79.1 Å². The highest BCUT2D eigenvalue weighted by Gasteiger charge is 2.56. The number of hydrogen-bond donors (Lipinski definition) is 0. The van der Waals surface area contributed by atoms with E-state index in [2.05, 4.69) is 239 Å². The summed E-state index contributed by atoms with van der Waals surface area (Å²) in [5, 5.41) is 0. The van der Waals surface area contributed by atoms with Gasteiger partial charge >= 0.3 is 6.85 Å². The van der Waals surface area contributed by atoms with Gasteiger partial charge in [-0.1, -0.05) is 192 Å². The molecule has 3 heteroatoms. The Kier molecular flexibility index (Phi) is 7.43. The van der Waals surface area contributed by atoms with Crippen molar-refractivity contribution >= 4 is 46.2 Å². The van der Waals surface area contributed by atoms with E-state index in [0.29, 0.717) is 0 Å². The van der Waals surface area contributed by atoms with Crippen LogP contribution in [0.5, 0.6) is 0 Å². The van der Waals surface area contributed by atoms with Crippen molar-refractivity contribution < 1.29 is 0 Å². The molecule has 0 unspecified atom stereocenters. The maximum absolute atomic E-state index is 2.76. The third kappa shape index (κ3) is 4.63. The summed E-state index contributed by atoms with van der Waals surface area (Å²) in [6, 6.07) is 72.6. The molecular formula is C63H49BN2. The highest BCUT2D eigenvalue weighted by atomic mass is 15.2. The van der Waals surface area contributed by atoms with E-state index in [1.165, 1.54) is 128 Å². The Morgan fingerprint density at radius 3 is 1.76 bits per heavy atom. The number of fused-ring (bicyclic) bond motifs is 17. The molecule has 0 saturated carbocycles. The average Bonchev–Trinajstić information content (AvgIpc) is 3.76.